The third-order valence-electron chi connectivity index (χ3n) is 4.26. The Kier molecular flexibility index (Phi) is 6.88. The molecule has 19 heavy (non-hydrogen) atoms. The molecular formula is C17H34N2. The highest BCUT2D eigenvalue weighted by Gasteiger charge is 2.32. The van der Waals surface area contributed by atoms with Crippen LogP contribution in [0.4, 0.5) is 0 Å². The molecule has 0 aromatic rings. The van der Waals surface area contributed by atoms with Crippen LogP contribution in [-0.4, -0.2) is 29.9 Å². The lowest BCUT2D eigenvalue weighted by atomic mass is 9.84. The molecule has 112 valence electrons. The van der Waals surface area contributed by atoms with Gasteiger partial charge in [0.2, 0.25) is 0 Å². The lowest BCUT2D eigenvalue weighted by molar-refractivity contribution is 0.322. The van der Waals surface area contributed by atoms with Crippen LogP contribution in [-0.2, 0) is 0 Å². The van der Waals surface area contributed by atoms with E-state index < -0.39 is 0 Å². The molecule has 0 unspecified atom stereocenters. The number of unbranched alkanes of at least 4 members (excludes halogenated alkanes) is 5. The molecule has 0 radical (unpaired) electrons. The number of aliphatic imine (C=N–C) groups is 1. The Morgan fingerprint density at radius 3 is 2.37 bits per heavy atom. The molecule has 0 spiro atoms. The zero-order valence-corrected chi connectivity index (χ0v) is 13.8. The molecule has 1 aliphatic rings. The Balaban J connectivity index is 2.34. The van der Waals surface area contributed by atoms with Crippen molar-refractivity contribution in [2.75, 3.05) is 13.1 Å². The largest absolute Gasteiger partial charge is 0.356 e. The van der Waals surface area contributed by atoms with E-state index in [-0.39, 0.29) is 5.41 Å². The van der Waals surface area contributed by atoms with Gasteiger partial charge in [0.15, 0.2) is 0 Å². The van der Waals surface area contributed by atoms with E-state index >= 15 is 0 Å². The van der Waals surface area contributed by atoms with Gasteiger partial charge in [-0.3, -0.25) is 4.99 Å². The Morgan fingerprint density at radius 1 is 1.11 bits per heavy atom. The first-order valence-electron chi connectivity index (χ1n) is 8.30. The number of rotatable bonds is 9. The normalized spacial score (nSPS) is 16.3. The van der Waals surface area contributed by atoms with Crippen LogP contribution in [0.25, 0.3) is 0 Å². The number of amidine groups is 1. The maximum absolute atomic E-state index is 4.78. The van der Waals surface area contributed by atoms with Crippen LogP contribution in [0.15, 0.2) is 4.99 Å². The quantitative estimate of drug-likeness (QED) is 0.543. The maximum Gasteiger partial charge on any atom is 0.105 e. The predicted octanol–water partition coefficient (Wildman–Crippen LogP) is 4.89. The summed E-state index contributed by atoms with van der Waals surface area (Å²) in [5.74, 6) is 1.36. The second kappa shape index (κ2) is 7.91. The van der Waals surface area contributed by atoms with Crippen molar-refractivity contribution >= 4 is 5.84 Å². The number of hydrogen-bond donors (Lipinski definition) is 0. The zero-order chi connectivity index (χ0) is 14.3. The van der Waals surface area contributed by atoms with Crippen LogP contribution in [0.2, 0.25) is 0 Å². The zero-order valence-electron chi connectivity index (χ0n) is 13.8. The van der Waals surface area contributed by atoms with E-state index in [0.29, 0.717) is 6.04 Å². The van der Waals surface area contributed by atoms with E-state index in [4.69, 9.17) is 4.99 Å². The van der Waals surface area contributed by atoms with Gasteiger partial charge in [-0.1, -0.05) is 59.3 Å². The molecule has 0 aromatic heterocycles. The van der Waals surface area contributed by atoms with Crippen molar-refractivity contribution in [2.24, 2.45) is 10.4 Å². The molecule has 0 atom stereocenters. The van der Waals surface area contributed by atoms with Gasteiger partial charge < -0.3 is 4.90 Å². The summed E-state index contributed by atoms with van der Waals surface area (Å²) in [5.41, 5.74) is 0.255. The molecular weight excluding hydrogens is 232 g/mol. The molecule has 0 N–H and O–H groups in total. The summed E-state index contributed by atoms with van der Waals surface area (Å²) in [6.07, 6.45) is 9.57. The van der Waals surface area contributed by atoms with Crippen molar-refractivity contribution in [1.82, 2.24) is 4.90 Å². The van der Waals surface area contributed by atoms with Crippen molar-refractivity contribution in [2.45, 2.75) is 85.6 Å². The van der Waals surface area contributed by atoms with Crippen molar-refractivity contribution in [3.05, 3.63) is 0 Å². The van der Waals surface area contributed by atoms with E-state index in [2.05, 4.69) is 39.5 Å². The summed E-state index contributed by atoms with van der Waals surface area (Å²) in [6.45, 7) is 13.7. The molecule has 0 aromatic carbocycles. The SMILES string of the molecule is CCCCCCCCC(C)(C)C1=NCCN1C(C)C. The van der Waals surface area contributed by atoms with Crippen molar-refractivity contribution < 1.29 is 0 Å². The molecule has 0 amide bonds. The predicted molar refractivity (Wildman–Crippen MR) is 85.9 cm³/mol. The van der Waals surface area contributed by atoms with Crippen molar-refractivity contribution in [3.8, 4) is 0 Å². The van der Waals surface area contributed by atoms with Gasteiger partial charge in [-0.25, -0.2) is 0 Å². The summed E-state index contributed by atoms with van der Waals surface area (Å²) in [4.78, 5) is 7.28. The van der Waals surface area contributed by atoms with Crippen LogP contribution < -0.4 is 0 Å². The second-order valence-electron chi connectivity index (χ2n) is 6.89. The fourth-order valence-corrected chi connectivity index (χ4v) is 3.02. The van der Waals surface area contributed by atoms with E-state index in [9.17, 15) is 0 Å². The first kappa shape index (κ1) is 16.5. The fourth-order valence-electron chi connectivity index (χ4n) is 3.02. The molecule has 1 heterocycles. The molecule has 2 nitrogen and oxygen atoms in total. The lowest BCUT2D eigenvalue weighted by Gasteiger charge is -2.34. The minimum Gasteiger partial charge on any atom is -0.356 e. The third-order valence-corrected chi connectivity index (χ3v) is 4.26. The summed E-state index contributed by atoms with van der Waals surface area (Å²) < 4.78 is 0. The Morgan fingerprint density at radius 2 is 1.74 bits per heavy atom. The Labute approximate surface area is 120 Å². The van der Waals surface area contributed by atoms with Gasteiger partial charge in [-0.05, 0) is 20.3 Å². The molecule has 1 aliphatic heterocycles. The first-order valence-corrected chi connectivity index (χ1v) is 8.30. The minimum absolute atomic E-state index is 0.255. The fraction of sp³-hybridized carbons (Fsp3) is 0.941. The molecule has 0 aliphatic carbocycles. The molecule has 0 saturated heterocycles. The van der Waals surface area contributed by atoms with E-state index in [0.717, 1.165) is 13.1 Å². The Hall–Kier alpha value is -0.530. The average molecular weight is 266 g/mol. The highest BCUT2D eigenvalue weighted by molar-refractivity contribution is 5.89. The molecule has 0 saturated carbocycles. The molecule has 0 bridgehead atoms. The summed E-state index contributed by atoms with van der Waals surface area (Å²) in [7, 11) is 0. The maximum atomic E-state index is 4.78. The van der Waals surface area contributed by atoms with Crippen LogP contribution in [0, 0.1) is 5.41 Å². The van der Waals surface area contributed by atoms with Gasteiger partial charge in [0.25, 0.3) is 0 Å². The van der Waals surface area contributed by atoms with Crippen molar-refractivity contribution in [1.29, 1.82) is 0 Å². The monoisotopic (exact) mass is 266 g/mol. The van der Waals surface area contributed by atoms with E-state index in [1.165, 1.54) is 50.8 Å². The van der Waals surface area contributed by atoms with Gasteiger partial charge in [-0.2, -0.15) is 0 Å². The summed E-state index contributed by atoms with van der Waals surface area (Å²) >= 11 is 0. The van der Waals surface area contributed by atoms with Crippen LogP contribution >= 0.6 is 0 Å². The Bertz CT molecular complexity index is 279. The van der Waals surface area contributed by atoms with Crippen LogP contribution in [0.1, 0.15) is 79.6 Å². The van der Waals surface area contributed by atoms with Crippen molar-refractivity contribution in [3.63, 3.8) is 0 Å². The summed E-state index contributed by atoms with van der Waals surface area (Å²) in [6, 6.07) is 0.588. The van der Waals surface area contributed by atoms with E-state index in [1.54, 1.807) is 0 Å². The highest BCUT2D eigenvalue weighted by Crippen LogP contribution is 2.30. The molecule has 2 heteroatoms. The van der Waals surface area contributed by atoms with E-state index in [1.807, 2.05) is 0 Å². The third kappa shape index (κ3) is 5.16. The molecule has 0 fully saturated rings. The smallest absolute Gasteiger partial charge is 0.105 e. The van der Waals surface area contributed by atoms with Crippen LogP contribution in [0.5, 0.6) is 0 Å². The van der Waals surface area contributed by atoms with Gasteiger partial charge >= 0.3 is 0 Å². The van der Waals surface area contributed by atoms with Crippen LogP contribution in [0.3, 0.4) is 0 Å². The second-order valence-corrected chi connectivity index (χ2v) is 6.89. The number of hydrogen-bond acceptors (Lipinski definition) is 2. The minimum atomic E-state index is 0.255. The summed E-state index contributed by atoms with van der Waals surface area (Å²) in [5, 5.41) is 0. The number of nitrogens with zero attached hydrogens (tertiary/aromatic N) is 2. The lowest BCUT2D eigenvalue weighted by Crippen LogP contribution is -2.42. The van der Waals surface area contributed by atoms with Gasteiger partial charge in [0, 0.05) is 18.0 Å². The van der Waals surface area contributed by atoms with Gasteiger partial charge in [-0.15, -0.1) is 0 Å². The molecule has 1 rings (SSSR count). The first-order chi connectivity index (χ1) is 8.99. The van der Waals surface area contributed by atoms with Gasteiger partial charge in [0.1, 0.15) is 5.84 Å². The topological polar surface area (TPSA) is 15.6 Å². The van der Waals surface area contributed by atoms with Gasteiger partial charge in [0.05, 0.1) is 6.54 Å². The standard InChI is InChI=1S/C17H34N2/c1-6-7-8-9-10-11-12-17(4,5)16-18-13-14-19(16)15(2)3/h15H,6-14H2,1-5H3. The highest BCUT2D eigenvalue weighted by atomic mass is 15.3. The average Bonchev–Trinajstić information content (AvgIpc) is 2.83.